The number of nitrogens with two attached hydrogens (primary N) is 1. The number of nitrogens with zero attached hydrogens (tertiary/aromatic N) is 1. The zero-order valence-corrected chi connectivity index (χ0v) is 20.2. The lowest BCUT2D eigenvalue weighted by molar-refractivity contribution is 0.0734. The summed E-state index contributed by atoms with van der Waals surface area (Å²) >= 11 is 0. The molecule has 0 saturated carbocycles. The van der Waals surface area contributed by atoms with Crippen LogP contribution in [0.5, 0.6) is 5.75 Å². The molecule has 0 bridgehead atoms. The summed E-state index contributed by atoms with van der Waals surface area (Å²) in [6.07, 6.45) is 1.81. The summed E-state index contributed by atoms with van der Waals surface area (Å²) in [5.74, 6) is -0.606. The molecule has 4 N–H and O–H groups in total. The van der Waals surface area contributed by atoms with Crippen LogP contribution < -0.4 is 15.8 Å². The number of amides is 1. The standard InChI is InChI=1S/C28H26N4O5/c1-2-36-28(35)32-17-21(23-5-3-4-6-24(23)32)15-16-31-26(33)19-7-9-20(10-8-19)27(34)37-22-13-11-18(12-14-22)25(29)30/h3-14,17H,2,15-16H2,1H3,(H3,29,30)(H,31,33). The number of carbonyl (C=O) groups excluding carboxylic acids is 3. The zero-order chi connectivity index (χ0) is 26.4. The first-order chi connectivity index (χ1) is 17.9. The topological polar surface area (TPSA) is 137 Å². The van der Waals surface area contributed by atoms with Gasteiger partial charge in [-0.1, -0.05) is 18.2 Å². The molecule has 4 aromatic rings. The van der Waals surface area contributed by atoms with Crippen molar-refractivity contribution >= 4 is 34.7 Å². The van der Waals surface area contributed by atoms with E-state index in [1.165, 1.54) is 16.7 Å². The molecule has 0 unspecified atom stereocenters. The van der Waals surface area contributed by atoms with E-state index in [1.54, 1.807) is 49.5 Å². The number of ether oxygens (including phenoxy) is 2. The van der Waals surface area contributed by atoms with E-state index < -0.39 is 12.1 Å². The molecule has 188 valence electrons. The van der Waals surface area contributed by atoms with Gasteiger partial charge >= 0.3 is 12.1 Å². The number of amidine groups is 1. The zero-order valence-electron chi connectivity index (χ0n) is 20.2. The average molecular weight is 499 g/mol. The fraction of sp³-hybridized carbons (Fsp3) is 0.143. The average Bonchev–Trinajstić information content (AvgIpc) is 3.28. The van der Waals surface area contributed by atoms with Crippen LogP contribution in [0.1, 0.15) is 38.8 Å². The lowest BCUT2D eigenvalue weighted by Gasteiger charge is -2.07. The van der Waals surface area contributed by atoms with Crippen LogP contribution in [-0.4, -0.2) is 41.5 Å². The highest BCUT2D eigenvalue weighted by Gasteiger charge is 2.15. The number of fused-ring (bicyclic) bond motifs is 1. The molecule has 0 saturated heterocycles. The minimum Gasteiger partial charge on any atom is -0.449 e. The number of esters is 1. The summed E-state index contributed by atoms with van der Waals surface area (Å²) in [5, 5.41) is 11.2. The molecule has 0 radical (unpaired) electrons. The van der Waals surface area contributed by atoms with Crippen molar-refractivity contribution < 1.29 is 23.9 Å². The largest absolute Gasteiger partial charge is 0.449 e. The van der Waals surface area contributed by atoms with Crippen LogP contribution in [-0.2, 0) is 11.2 Å². The monoisotopic (exact) mass is 498 g/mol. The molecule has 37 heavy (non-hydrogen) atoms. The van der Waals surface area contributed by atoms with Crippen LogP contribution >= 0.6 is 0 Å². The highest BCUT2D eigenvalue weighted by molar-refractivity contribution is 5.97. The number of hydrogen-bond donors (Lipinski definition) is 3. The Morgan fingerprint density at radius 2 is 1.57 bits per heavy atom. The van der Waals surface area contributed by atoms with Gasteiger partial charge in [0.2, 0.25) is 0 Å². The third-order valence-electron chi connectivity index (χ3n) is 5.70. The van der Waals surface area contributed by atoms with Crippen LogP contribution in [0.25, 0.3) is 10.9 Å². The van der Waals surface area contributed by atoms with Crippen molar-refractivity contribution in [2.45, 2.75) is 13.3 Å². The van der Waals surface area contributed by atoms with Gasteiger partial charge in [-0.2, -0.15) is 0 Å². The fourth-order valence-electron chi connectivity index (χ4n) is 3.83. The molecule has 4 rings (SSSR count). The van der Waals surface area contributed by atoms with E-state index in [2.05, 4.69) is 5.32 Å². The lowest BCUT2D eigenvalue weighted by atomic mass is 10.1. The molecule has 0 fully saturated rings. The second-order valence-corrected chi connectivity index (χ2v) is 8.15. The highest BCUT2D eigenvalue weighted by atomic mass is 16.5. The van der Waals surface area contributed by atoms with E-state index in [4.69, 9.17) is 20.6 Å². The molecular formula is C28H26N4O5. The van der Waals surface area contributed by atoms with Gasteiger partial charge in [-0.15, -0.1) is 0 Å². The SMILES string of the molecule is CCOC(=O)n1cc(CCNC(=O)c2ccc(C(=O)Oc3ccc(C(=N)N)cc3)cc2)c2ccccc21. The molecule has 9 nitrogen and oxygen atoms in total. The summed E-state index contributed by atoms with van der Waals surface area (Å²) < 4.78 is 11.9. The number of nitrogen functional groups attached to an aromatic ring is 1. The van der Waals surface area contributed by atoms with Crippen molar-refractivity contribution in [3.63, 3.8) is 0 Å². The Morgan fingerprint density at radius 1 is 0.919 bits per heavy atom. The van der Waals surface area contributed by atoms with Gasteiger partial charge < -0.3 is 20.5 Å². The van der Waals surface area contributed by atoms with Gasteiger partial charge in [0.25, 0.3) is 5.91 Å². The van der Waals surface area contributed by atoms with Crippen molar-refractivity contribution in [2.24, 2.45) is 5.73 Å². The Kier molecular flexibility index (Phi) is 7.63. The Hall–Kier alpha value is -4.92. The Labute approximate surface area is 213 Å². The summed E-state index contributed by atoms with van der Waals surface area (Å²) in [6, 6.07) is 20.0. The third kappa shape index (κ3) is 5.84. The summed E-state index contributed by atoms with van der Waals surface area (Å²) in [6.45, 7) is 2.39. The second-order valence-electron chi connectivity index (χ2n) is 8.15. The first kappa shape index (κ1) is 25.2. The molecule has 1 amide bonds. The minimum absolute atomic E-state index is 0.0739. The first-order valence-electron chi connectivity index (χ1n) is 11.7. The van der Waals surface area contributed by atoms with Gasteiger partial charge in [0.05, 0.1) is 17.7 Å². The normalized spacial score (nSPS) is 10.6. The Balaban J connectivity index is 1.35. The number of rotatable bonds is 8. The number of benzene rings is 3. The van der Waals surface area contributed by atoms with E-state index in [9.17, 15) is 14.4 Å². The predicted molar refractivity (Wildman–Crippen MR) is 139 cm³/mol. The second kappa shape index (κ2) is 11.2. The first-order valence-corrected chi connectivity index (χ1v) is 11.7. The van der Waals surface area contributed by atoms with Crippen molar-refractivity contribution in [3.8, 4) is 5.75 Å². The maximum atomic E-state index is 12.6. The van der Waals surface area contributed by atoms with Crippen molar-refractivity contribution in [2.75, 3.05) is 13.2 Å². The van der Waals surface area contributed by atoms with E-state index in [0.29, 0.717) is 35.4 Å². The van der Waals surface area contributed by atoms with Crippen LogP contribution in [0.2, 0.25) is 0 Å². The van der Waals surface area contributed by atoms with Crippen LogP contribution in [0, 0.1) is 5.41 Å². The van der Waals surface area contributed by atoms with Gasteiger partial charge in [-0.05, 0) is 73.5 Å². The predicted octanol–water partition coefficient (Wildman–Crippen LogP) is 4.12. The molecule has 0 atom stereocenters. The molecule has 0 aliphatic carbocycles. The molecule has 1 aromatic heterocycles. The van der Waals surface area contributed by atoms with Crippen molar-refractivity contribution in [3.05, 3.63) is 101 Å². The smallest absolute Gasteiger partial charge is 0.418 e. The van der Waals surface area contributed by atoms with Gasteiger partial charge in [0.15, 0.2) is 0 Å². The highest BCUT2D eigenvalue weighted by Crippen LogP contribution is 2.22. The molecule has 3 aromatic carbocycles. The minimum atomic E-state index is -0.569. The number of nitrogens with one attached hydrogen (secondary N) is 2. The van der Waals surface area contributed by atoms with Gasteiger partial charge in [-0.3, -0.25) is 14.8 Å². The van der Waals surface area contributed by atoms with Crippen LogP contribution in [0.3, 0.4) is 0 Å². The van der Waals surface area contributed by atoms with Gasteiger partial charge in [0, 0.05) is 29.3 Å². The van der Waals surface area contributed by atoms with E-state index in [-0.39, 0.29) is 18.3 Å². The molecule has 0 aliphatic heterocycles. The maximum Gasteiger partial charge on any atom is 0.418 e. The maximum absolute atomic E-state index is 12.6. The van der Waals surface area contributed by atoms with Crippen LogP contribution in [0.4, 0.5) is 4.79 Å². The number of hydrogen-bond acceptors (Lipinski definition) is 6. The number of aromatic nitrogens is 1. The Morgan fingerprint density at radius 3 is 2.24 bits per heavy atom. The molecular weight excluding hydrogens is 472 g/mol. The Bertz CT molecular complexity index is 1460. The van der Waals surface area contributed by atoms with E-state index in [1.807, 2.05) is 24.3 Å². The number of para-hydroxylation sites is 1. The van der Waals surface area contributed by atoms with E-state index in [0.717, 1.165) is 16.5 Å². The fourth-order valence-corrected chi connectivity index (χ4v) is 3.83. The van der Waals surface area contributed by atoms with Crippen molar-refractivity contribution in [1.29, 1.82) is 5.41 Å². The molecule has 0 aliphatic rings. The summed E-state index contributed by atoms with van der Waals surface area (Å²) in [4.78, 5) is 37.3. The lowest BCUT2D eigenvalue weighted by Crippen LogP contribution is -2.25. The summed E-state index contributed by atoms with van der Waals surface area (Å²) in [5.41, 5.74) is 8.31. The van der Waals surface area contributed by atoms with Crippen LogP contribution in [0.15, 0.2) is 79.0 Å². The molecule has 9 heteroatoms. The third-order valence-corrected chi connectivity index (χ3v) is 5.70. The molecule has 0 spiro atoms. The number of carbonyl (C=O) groups is 3. The molecule has 1 heterocycles. The summed E-state index contributed by atoms with van der Waals surface area (Å²) in [7, 11) is 0. The quantitative estimate of drug-likeness (QED) is 0.145. The van der Waals surface area contributed by atoms with E-state index >= 15 is 0 Å². The van der Waals surface area contributed by atoms with Gasteiger partial charge in [0.1, 0.15) is 11.6 Å². The van der Waals surface area contributed by atoms with Gasteiger partial charge in [-0.25, -0.2) is 9.59 Å². The van der Waals surface area contributed by atoms with Crippen molar-refractivity contribution in [1.82, 2.24) is 9.88 Å².